The highest BCUT2D eigenvalue weighted by Gasteiger charge is 2.49. The van der Waals surface area contributed by atoms with Crippen molar-refractivity contribution in [1.82, 2.24) is 9.80 Å². The van der Waals surface area contributed by atoms with Crippen molar-refractivity contribution in [3.05, 3.63) is 0 Å². The number of hydrogen-bond donors (Lipinski definition) is 1. The molecule has 4 nitrogen and oxygen atoms in total. The molecule has 1 atom stereocenters. The van der Waals surface area contributed by atoms with E-state index in [0.29, 0.717) is 25.4 Å². The topological polar surface area (TPSA) is 43.8 Å². The van der Waals surface area contributed by atoms with Crippen LogP contribution in [0.2, 0.25) is 0 Å². The van der Waals surface area contributed by atoms with E-state index >= 15 is 0 Å². The van der Waals surface area contributed by atoms with Gasteiger partial charge in [-0.25, -0.2) is 0 Å². The molecule has 0 aromatic carbocycles. The summed E-state index contributed by atoms with van der Waals surface area (Å²) in [6, 6.07) is 0. The molecule has 122 valence electrons. The van der Waals surface area contributed by atoms with E-state index in [0.717, 1.165) is 25.9 Å². The second-order valence-electron chi connectivity index (χ2n) is 7.90. The molecule has 0 aromatic heterocycles. The van der Waals surface area contributed by atoms with E-state index in [-0.39, 0.29) is 11.3 Å². The van der Waals surface area contributed by atoms with Gasteiger partial charge in [-0.1, -0.05) is 20.8 Å². The molecule has 0 saturated carbocycles. The van der Waals surface area contributed by atoms with Crippen LogP contribution in [0, 0.1) is 11.3 Å². The van der Waals surface area contributed by atoms with Crippen molar-refractivity contribution >= 4 is 5.91 Å². The first-order valence-electron chi connectivity index (χ1n) is 8.47. The normalized spacial score (nSPS) is 30.8. The van der Waals surface area contributed by atoms with Crippen LogP contribution in [0.25, 0.3) is 0 Å². The summed E-state index contributed by atoms with van der Waals surface area (Å²) in [7, 11) is 0. The molecule has 2 aliphatic rings. The van der Waals surface area contributed by atoms with Crippen LogP contribution < -0.4 is 0 Å². The number of carbonyl (C=O) groups excluding carboxylic acids is 1. The highest BCUT2D eigenvalue weighted by molar-refractivity contribution is 5.77. The third-order valence-corrected chi connectivity index (χ3v) is 5.61. The Morgan fingerprint density at radius 2 is 1.81 bits per heavy atom. The molecular weight excluding hydrogens is 264 g/mol. The van der Waals surface area contributed by atoms with Crippen LogP contribution >= 0.6 is 0 Å². The van der Waals surface area contributed by atoms with Crippen molar-refractivity contribution < 1.29 is 9.90 Å². The molecule has 0 aromatic rings. The van der Waals surface area contributed by atoms with Crippen LogP contribution in [-0.4, -0.2) is 59.1 Å². The minimum absolute atomic E-state index is 0.215. The summed E-state index contributed by atoms with van der Waals surface area (Å²) in [5, 5.41) is 10.4. The van der Waals surface area contributed by atoms with E-state index in [9.17, 15) is 9.90 Å². The summed E-state index contributed by atoms with van der Waals surface area (Å²) >= 11 is 0. The van der Waals surface area contributed by atoms with Gasteiger partial charge in [0.1, 0.15) is 0 Å². The molecule has 1 N–H and O–H groups in total. The fourth-order valence-electron chi connectivity index (χ4n) is 3.57. The Balaban J connectivity index is 1.81. The molecule has 0 radical (unpaired) electrons. The highest BCUT2D eigenvalue weighted by atomic mass is 16.3. The van der Waals surface area contributed by atoms with Crippen molar-refractivity contribution in [2.24, 2.45) is 11.3 Å². The third-order valence-electron chi connectivity index (χ3n) is 5.61. The lowest BCUT2D eigenvalue weighted by molar-refractivity contribution is -0.132. The number of β-amino-alcohol motifs (C(OH)–C–C–N with tert-alkyl or cyclic N) is 1. The number of likely N-dealkylation sites (tertiary alicyclic amines) is 2. The van der Waals surface area contributed by atoms with Crippen LogP contribution in [0.4, 0.5) is 0 Å². The molecule has 21 heavy (non-hydrogen) atoms. The van der Waals surface area contributed by atoms with Crippen molar-refractivity contribution in [2.45, 2.75) is 59.0 Å². The Kier molecular flexibility index (Phi) is 4.99. The summed E-state index contributed by atoms with van der Waals surface area (Å²) < 4.78 is 0. The zero-order chi connectivity index (χ0) is 15.7. The lowest BCUT2D eigenvalue weighted by atomic mass is 9.79. The van der Waals surface area contributed by atoms with Gasteiger partial charge in [0.05, 0.1) is 5.60 Å². The minimum Gasteiger partial charge on any atom is -0.388 e. The molecule has 2 rings (SSSR count). The van der Waals surface area contributed by atoms with Crippen LogP contribution in [-0.2, 0) is 4.79 Å². The molecule has 0 bridgehead atoms. The first kappa shape index (κ1) is 16.8. The second kappa shape index (κ2) is 6.25. The Morgan fingerprint density at radius 3 is 2.29 bits per heavy atom. The summed E-state index contributed by atoms with van der Waals surface area (Å²) in [6.45, 7) is 12.8. The van der Waals surface area contributed by atoms with Crippen LogP contribution in [0.15, 0.2) is 0 Å². The lowest BCUT2D eigenvalue weighted by Crippen LogP contribution is -2.40. The van der Waals surface area contributed by atoms with E-state index in [1.165, 1.54) is 13.0 Å². The smallest absolute Gasteiger partial charge is 0.222 e. The van der Waals surface area contributed by atoms with Gasteiger partial charge in [-0.15, -0.1) is 0 Å². The first-order valence-corrected chi connectivity index (χ1v) is 8.47. The maximum absolute atomic E-state index is 12.5. The SMILES string of the molecule is CCCN1CCC(CC(=O)N2CC(C)(C)[C@](C)(O)C2)CC1. The van der Waals surface area contributed by atoms with Gasteiger partial charge in [-0.2, -0.15) is 0 Å². The van der Waals surface area contributed by atoms with E-state index in [4.69, 9.17) is 0 Å². The molecule has 1 amide bonds. The third kappa shape index (κ3) is 3.78. The van der Waals surface area contributed by atoms with Gasteiger partial charge < -0.3 is 14.9 Å². The highest BCUT2D eigenvalue weighted by Crippen LogP contribution is 2.39. The number of rotatable bonds is 4. The summed E-state index contributed by atoms with van der Waals surface area (Å²) in [5.41, 5.74) is -0.986. The molecule has 0 aliphatic carbocycles. The molecular formula is C17H32N2O2. The Bertz CT molecular complexity index is 355. The van der Waals surface area contributed by atoms with E-state index < -0.39 is 5.60 Å². The summed E-state index contributed by atoms with van der Waals surface area (Å²) in [5.74, 6) is 0.758. The Morgan fingerprint density at radius 1 is 1.19 bits per heavy atom. The molecule has 0 spiro atoms. The average Bonchev–Trinajstić information content (AvgIpc) is 2.61. The molecule has 2 aliphatic heterocycles. The lowest BCUT2D eigenvalue weighted by Gasteiger charge is -2.32. The second-order valence-corrected chi connectivity index (χ2v) is 7.90. The van der Waals surface area contributed by atoms with Crippen molar-refractivity contribution in [1.29, 1.82) is 0 Å². The largest absolute Gasteiger partial charge is 0.388 e. The quantitative estimate of drug-likeness (QED) is 0.864. The van der Waals surface area contributed by atoms with Crippen LogP contribution in [0.1, 0.15) is 53.4 Å². The van der Waals surface area contributed by atoms with Gasteiger partial charge in [0, 0.05) is 24.9 Å². The number of hydrogen-bond acceptors (Lipinski definition) is 3. The number of carbonyl (C=O) groups is 1. The van der Waals surface area contributed by atoms with E-state index in [1.807, 2.05) is 25.7 Å². The Hall–Kier alpha value is -0.610. The monoisotopic (exact) mass is 296 g/mol. The van der Waals surface area contributed by atoms with Crippen LogP contribution in [0.5, 0.6) is 0 Å². The standard InChI is InChI=1S/C17H32N2O2/c1-5-8-18-9-6-14(7-10-18)11-15(20)19-12-16(2,3)17(4,21)13-19/h14,21H,5-13H2,1-4H3/t17-/m1/s1. The number of piperidine rings is 1. The van der Waals surface area contributed by atoms with E-state index in [2.05, 4.69) is 11.8 Å². The Labute approximate surface area is 129 Å². The zero-order valence-corrected chi connectivity index (χ0v) is 14.2. The molecule has 2 saturated heterocycles. The molecule has 2 heterocycles. The first-order chi connectivity index (χ1) is 9.75. The molecule has 0 unspecified atom stereocenters. The fourth-order valence-corrected chi connectivity index (χ4v) is 3.57. The maximum Gasteiger partial charge on any atom is 0.222 e. The van der Waals surface area contributed by atoms with Gasteiger partial charge in [0.2, 0.25) is 5.91 Å². The predicted octanol–water partition coefficient (Wildman–Crippen LogP) is 2.12. The molecule has 2 fully saturated rings. The van der Waals surface area contributed by atoms with Crippen LogP contribution in [0.3, 0.4) is 0 Å². The molecule has 4 heteroatoms. The number of amides is 1. The predicted molar refractivity (Wildman–Crippen MR) is 85.1 cm³/mol. The zero-order valence-electron chi connectivity index (χ0n) is 14.2. The van der Waals surface area contributed by atoms with Gasteiger partial charge >= 0.3 is 0 Å². The fraction of sp³-hybridized carbons (Fsp3) is 0.941. The van der Waals surface area contributed by atoms with Gasteiger partial charge in [-0.3, -0.25) is 4.79 Å². The van der Waals surface area contributed by atoms with Crippen molar-refractivity contribution in [2.75, 3.05) is 32.7 Å². The van der Waals surface area contributed by atoms with Crippen molar-refractivity contribution in [3.63, 3.8) is 0 Å². The van der Waals surface area contributed by atoms with E-state index in [1.54, 1.807) is 0 Å². The minimum atomic E-state index is -0.771. The number of nitrogens with zero attached hydrogens (tertiary/aromatic N) is 2. The van der Waals surface area contributed by atoms with Gasteiger partial charge in [0.25, 0.3) is 0 Å². The van der Waals surface area contributed by atoms with Gasteiger partial charge in [0.15, 0.2) is 0 Å². The average molecular weight is 296 g/mol. The number of aliphatic hydroxyl groups is 1. The summed E-state index contributed by atoms with van der Waals surface area (Å²) in [4.78, 5) is 16.9. The maximum atomic E-state index is 12.5. The summed E-state index contributed by atoms with van der Waals surface area (Å²) in [6.07, 6.45) is 4.15. The van der Waals surface area contributed by atoms with Gasteiger partial charge in [-0.05, 0) is 51.7 Å². The van der Waals surface area contributed by atoms with Crippen molar-refractivity contribution in [3.8, 4) is 0 Å².